The molecule has 15 heavy (non-hydrogen) atoms. The standard InChI is InChI=1S/C12H18N2O/c1-5-6-9-10(7-15)14(4)12(8(2)3)11(9)13/h7H,2,5-6,13H2,1,3-4H3. The van der Waals surface area contributed by atoms with E-state index >= 15 is 0 Å². The number of hydrogen-bond donors (Lipinski definition) is 1. The summed E-state index contributed by atoms with van der Waals surface area (Å²) in [5, 5.41) is 0. The second-order valence-corrected chi connectivity index (χ2v) is 3.83. The number of nitrogens with two attached hydrogens (primary N) is 1. The third-order valence-corrected chi connectivity index (χ3v) is 2.60. The summed E-state index contributed by atoms with van der Waals surface area (Å²) in [7, 11) is 1.85. The second-order valence-electron chi connectivity index (χ2n) is 3.83. The molecule has 0 aliphatic rings. The molecule has 1 rings (SSSR count). The van der Waals surface area contributed by atoms with Crippen molar-refractivity contribution in [1.82, 2.24) is 4.57 Å². The van der Waals surface area contributed by atoms with E-state index < -0.39 is 0 Å². The molecule has 0 aromatic carbocycles. The molecule has 0 saturated carbocycles. The number of allylic oxidation sites excluding steroid dienone is 1. The maximum Gasteiger partial charge on any atom is 0.166 e. The minimum atomic E-state index is 0.673. The maximum atomic E-state index is 11.0. The molecule has 3 heteroatoms. The number of aromatic nitrogens is 1. The largest absolute Gasteiger partial charge is 0.397 e. The number of nitrogen functional groups attached to an aromatic ring is 1. The normalized spacial score (nSPS) is 10.3. The van der Waals surface area contributed by atoms with E-state index in [1.54, 1.807) is 0 Å². The van der Waals surface area contributed by atoms with Crippen molar-refractivity contribution in [3.63, 3.8) is 0 Å². The lowest BCUT2D eigenvalue weighted by Crippen LogP contribution is -2.00. The lowest BCUT2D eigenvalue weighted by atomic mass is 10.1. The van der Waals surface area contributed by atoms with Gasteiger partial charge in [-0.2, -0.15) is 0 Å². The summed E-state index contributed by atoms with van der Waals surface area (Å²) < 4.78 is 1.83. The number of nitrogens with zero attached hydrogens (tertiary/aromatic N) is 1. The van der Waals surface area contributed by atoms with E-state index in [-0.39, 0.29) is 0 Å². The van der Waals surface area contributed by atoms with Crippen LogP contribution in [0.5, 0.6) is 0 Å². The lowest BCUT2D eigenvalue weighted by molar-refractivity contribution is 0.111. The predicted octanol–water partition coefficient (Wildman–Crippen LogP) is 2.41. The SMILES string of the molecule is C=C(C)c1c(N)c(CCC)c(C=O)n1C. The zero-order chi connectivity index (χ0) is 11.6. The summed E-state index contributed by atoms with van der Waals surface area (Å²) in [6.07, 6.45) is 2.68. The second kappa shape index (κ2) is 4.34. The molecular weight excluding hydrogens is 188 g/mol. The zero-order valence-electron chi connectivity index (χ0n) is 9.63. The molecule has 0 bridgehead atoms. The Morgan fingerprint density at radius 3 is 2.60 bits per heavy atom. The number of rotatable bonds is 4. The van der Waals surface area contributed by atoms with E-state index in [0.29, 0.717) is 11.4 Å². The first-order valence-electron chi connectivity index (χ1n) is 5.12. The number of carbonyl (C=O) groups excluding carboxylic acids is 1. The Morgan fingerprint density at radius 2 is 2.20 bits per heavy atom. The van der Waals surface area contributed by atoms with Crippen molar-refractivity contribution in [2.45, 2.75) is 26.7 Å². The minimum absolute atomic E-state index is 0.673. The molecule has 0 amide bonds. The van der Waals surface area contributed by atoms with Crippen LogP contribution in [0.15, 0.2) is 6.58 Å². The molecule has 3 nitrogen and oxygen atoms in total. The highest BCUT2D eigenvalue weighted by Gasteiger charge is 2.17. The Bertz CT molecular complexity index is 402. The molecular formula is C12H18N2O. The number of hydrogen-bond acceptors (Lipinski definition) is 2. The van der Waals surface area contributed by atoms with Crippen LogP contribution in [0.2, 0.25) is 0 Å². The Hall–Kier alpha value is -1.51. The van der Waals surface area contributed by atoms with Crippen LogP contribution >= 0.6 is 0 Å². The van der Waals surface area contributed by atoms with Gasteiger partial charge in [-0.1, -0.05) is 19.9 Å². The van der Waals surface area contributed by atoms with Crippen molar-refractivity contribution in [2.75, 3.05) is 5.73 Å². The van der Waals surface area contributed by atoms with E-state index in [0.717, 1.165) is 36.0 Å². The Kier molecular flexibility index (Phi) is 3.35. The third kappa shape index (κ3) is 1.82. The molecule has 1 aromatic rings. The van der Waals surface area contributed by atoms with Crippen LogP contribution in [0.1, 0.15) is 42.0 Å². The van der Waals surface area contributed by atoms with E-state index in [1.165, 1.54) is 0 Å². The molecule has 1 aromatic heterocycles. The lowest BCUT2D eigenvalue weighted by Gasteiger charge is -2.03. The number of aldehydes is 1. The summed E-state index contributed by atoms with van der Waals surface area (Å²) >= 11 is 0. The van der Waals surface area contributed by atoms with Crippen LogP contribution < -0.4 is 5.73 Å². The van der Waals surface area contributed by atoms with Crippen LogP contribution in [0, 0.1) is 0 Å². The summed E-state index contributed by atoms with van der Waals surface area (Å²) in [5.41, 5.74) is 10.1. The maximum absolute atomic E-state index is 11.0. The molecule has 0 spiro atoms. The number of anilines is 1. The highest BCUT2D eigenvalue weighted by molar-refractivity contribution is 5.85. The van der Waals surface area contributed by atoms with Crippen molar-refractivity contribution in [1.29, 1.82) is 0 Å². The molecule has 0 unspecified atom stereocenters. The summed E-state index contributed by atoms with van der Waals surface area (Å²) in [6, 6.07) is 0. The van der Waals surface area contributed by atoms with Crippen molar-refractivity contribution in [2.24, 2.45) is 7.05 Å². The molecule has 0 saturated heterocycles. The van der Waals surface area contributed by atoms with Crippen molar-refractivity contribution >= 4 is 17.5 Å². The van der Waals surface area contributed by atoms with Crippen LogP contribution in [0.3, 0.4) is 0 Å². The summed E-state index contributed by atoms with van der Waals surface area (Å²) in [4.78, 5) is 11.0. The van der Waals surface area contributed by atoms with Gasteiger partial charge in [-0.15, -0.1) is 0 Å². The van der Waals surface area contributed by atoms with Gasteiger partial charge in [-0.25, -0.2) is 0 Å². The van der Waals surface area contributed by atoms with Gasteiger partial charge in [-0.05, 0) is 18.9 Å². The molecule has 0 radical (unpaired) electrons. The predicted molar refractivity (Wildman–Crippen MR) is 63.9 cm³/mol. The topological polar surface area (TPSA) is 48.0 Å². The van der Waals surface area contributed by atoms with Gasteiger partial charge in [0.25, 0.3) is 0 Å². The van der Waals surface area contributed by atoms with Crippen LogP contribution in [0.25, 0.3) is 5.57 Å². The Balaban J connectivity index is 3.44. The summed E-state index contributed by atoms with van der Waals surface area (Å²) in [6.45, 7) is 7.85. The average molecular weight is 206 g/mol. The van der Waals surface area contributed by atoms with Crippen molar-refractivity contribution in [3.8, 4) is 0 Å². The Morgan fingerprint density at radius 1 is 1.60 bits per heavy atom. The van der Waals surface area contributed by atoms with Gasteiger partial charge in [0.15, 0.2) is 6.29 Å². The number of carbonyl (C=O) groups is 1. The fourth-order valence-corrected chi connectivity index (χ4v) is 1.96. The van der Waals surface area contributed by atoms with Crippen LogP contribution in [0.4, 0.5) is 5.69 Å². The van der Waals surface area contributed by atoms with Gasteiger partial charge in [0, 0.05) is 12.6 Å². The molecule has 0 atom stereocenters. The summed E-state index contributed by atoms with van der Waals surface area (Å²) in [5.74, 6) is 0. The van der Waals surface area contributed by atoms with Gasteiger partial charge >= 0.3 is 0 Å². The fraction of sp³-hybridized carbons (Fsp3) is 0.417. The van der Waals surface area contributed by atoms with Gasteiger partial charge < -0.3 is 10.3 Å². The molecule has 2 N–H and O–H groups in total. The van der Waals surface area contributed by atoms with Gasteiger partial charge in [0.1, 0.15) is 0 Å². The van der Waals surface area contributed by atoms with Gasteiger partial charge in [0.05, 0.1) is 17.1 Å². The van der Waals surface area contributed by atoms with E-state index in [1.807, 2.05) is 18.5 Å². The monoisotopic (exact) mass is 206 g/mol. The third-order valence-electron chi connectivity index (χ3n) is 2.60. The minimum Gasteiger partial charge on any atom is -0.397 e. The fourth-order valence-electron chi connectivity index (χ4n) is 1.96. The molecule has 82 valence electrons. The van der Waals surface area contributed by atoms with E-state index in [9.17, 15) is 4.79 Å². The zero-order valence-corrected chi connectivity index (χ0v) is 9.63. The molecule has 0 aliphatic heterocycles. The highest BCUT2D eigenvalue weighted by atomic mass is 16.1. The Labute approximate surface area is 90.6 Å². The highest BCUT2D eigenvalue weighted by Crippen LogP contribution is 2.29. The first-order chi connectivity index (χ1) is 7.04. The van der Waals surface area contributed by atoms with Crippen LogP contribution in [-0.4, -0.2) is 10.9 Å². The average Bonchev–Trinajstić information content (AvgIpc) is 2.39. The molecule has 1 heterocycles. The van der Waals surface area contributed by atoms with Crippen LogP contribution in [-0.2, 0) is 13.5 Å². The van der Waals surface area contributed by atoms with Crippen molar-refractivity contribution < 1.29 is 4.79 Å². The van der Waals surface area contributed by atoms with Crippen molar-refractivity contribution in [3.05, 3.63) is 23.5 Å². The first kappa shape index (κ1) is 11.6. The molecule has 0 fully saturated rings. The van der Waals surface area contributed by atoms with E-state index in [4.69, 9.17) is 5.73 Å². The first-order valence-corrected chi connectivity index (χ1v) is 5.12. The molecule has 0 aliphatic carbocycles. The smallest absolute Gasteiger partial charge is 0.166 e. The van der Waals surface area contributed by atoms with Gasteiger partial charge in [-0.3, -0.25) is 4.79 Å². The van der Waals surface area contributed by atoms with E-state index in [2.05, 4.69) is 13.5 Å². The van der Waals surface area contributed by atoms with Gasteiger partial charge in [0.2, 0.25) is 0 Å². The quantitative estimate of drug-likeness (QED) is 0.769.